The van der Waals surface area contributed by atoms with Crippen LogP contribution in [0, 0.1) is 11.6 Å². The molecular weight excluding hydrogens is 390 g/mol. The van der Waals surface area contributed by atoms with E-state index in [4.69, 9.17) is 4.74 Å². The van der Waals surface area contributed by atoms with Gasteiger partial charge in [-0.2, -0.15) is 0 Å². The molecule has 9 heteroatoms. The van der Waals surface area contributed by atoms with Gasteiger partial charge in [0.25, 0.3) is 5.91 Å². The molecule has 1 aliphatic heterocycles. The quantitative estimate of drug-likeness (QED) is 0.720. The van der Waals surface area contributed by atoms with Crippen molar-refractivity contribution in [1.82, 2.24) is 14.5 Å². The second-order valence-electron chi connectivity index (χ2n) is 6.34. The maximum Gasteiger partial charge on any atom is 0.257 e. The Balaban J connectivity index is 0.00000225. The number of anilines is 2. The molecule has 0 radical (unpaired) electrons. The normalized spacial score (nSPS) is 14.0. The molecule has 1 aromatic carbocycles. The highest BCUT2D eigenvalue weighted by Gasteiger charge is 2.23. The highest BCUT2D eigenvalue weighted by Crippen LogP contribution is 2.29. The van der Waals surface area contributed by atoms with E-state index in [1.165, 1.54) is 18.3 Å². The van der Waals surface area contributed by atoms with E-state index < -0.39 is 11.6 Å². The summed E-state index contributed by atoms with van der Waals surface area (Å²) in [4.78, 5) is 19.0. The summed E-state index contributed by atoms with van der Waals surface area (Å²) >= 11 is 0. The number of fused-ring (bicyclic) bond motifs is 1. The molecule has 0 aliphatic carbocycles. The van der Waals surface area contributed by atoms with Crippen molar-refractivity contribution in [2.45, 2.75) is 0 Å². The van der Waals surface area contributed by atoms with Gasteiger partial charge in [-0.15, -0.1) is 12.4 Å². The summed E-state index contributed by atoms with van der Waals surface area (Å²) in [5.74, 6) is -1.69. The number of benzene rings is 1. The average molecular weight is 409 g/mol. The predicted molar refractivity (Wildman–Crippen MR) is 104 cm³/mol. The van der Waals surface area contributed by atoms with Crippen molar-refractivity contribution in [3.8, 4) is 0 Å². The van der Waals surface area contributed by atoms with Crippen LogP contribution in [0.1, 0.15) is 10.4 Å². The third-order valence-corrected chi connectivity index (χ3v) is 4.64. The molecule has 1 fully saturated rings. The lowest BCUT2D eigenvalue weighted by atomic mass is 10.1. The topological polar surface area (TPSA) is 59.4 Å². The van der Waals surface area contributed by atoms with Crippen molar-refractivity contribution in [1.29, 1.82) is 0 Å². The van der Waals surface area contributed by atoms with Crippen LogP contribution in [0.25, 0.3) is 10.9 Å². The van der Waals surface area contributed by atoms with Gasteiger partial charge < -0.3 is 19.5 Å². The van der Waals surface area contributed by atoms with Crippen LogP contribution in [0.5, 0.6) is 0 Å². The van der Waals surface area contributed by atoms with Crippen molar-refractivity contribution in [2.75, 3.05) is 31.6 Å². The molecular formula is C19H19ClF2N4O2. The number of ether oxygens (including phenoxy) is 1. The van der Waals surface area contributed by atoms with Gasteiger partial charge in [0, 0.05) is 37.9 Å². The maximum absolute atomic E-state index is 14.0. The highest BCUT2D eigenvalue weighted by atomic mass is 35.5. The molecule has 3 aromatic rings. The third kappa shape index (κ3) is 3.53. The molecule has 28 heavy (non-hydrogen) atoms. The summed E-state index contributed by atoms with van der Waals surface area (Å²) in [7, 11) is 1.82. The fourth-order valence-electron chi connectivity index (χ4n) is 3.24. The number of carbonyl (C=O) groups is 1. The minimum absolute atomic E-state index is 0. The second kappa shape index (κ2) is 8.12. The zero-order valence-electron chi connectivity index (χ0n) is 15.1. The fourth-order valence-corrected chi connectivity index (χ4v) is 3.24. The van der Waals surface area contributed by atoms with Gasteiger partial charge in [-0.05, 0) is 18.2 Å². The van der Waals surface area contributed by atoms with E-state index in [0.29, 0.717) is 48.6 Å². The van der Waals surface area contributed by atoms with Crippen LogP contribution in [0.15, 0.2) is 36.7 Å². The Kier molecular flexibility index (Phi) is 5.81. The first-order valence-corrected chi connectivity index (χ1v) is 8.58. The molecule has 0 spiro atoms. The minimum atomic E-state index is -0.975. The number of nitrogens with zero attached hydrogens (tertiary/aromatic N) is 3. The van der Waals surface area contributed by atoms with Crippen molar-refractivity contribution in [3.63, 3.8) is 0 Å². The fraction of sp³-hybridized carbons (Fsp3) is 0.263. The van der Waals surface area contributed by atoms with Gasteiger partial charge in [-0.3, -0.25) is 4.79 Å². The molecule has 3 heterocycles. The second-order valence-corrected chi connectivity index (χ2v) is 6.34. The molecule has 0 atom stereocenters. The SMILES string of the molecule is Cl.Cn1ccc2c(Nc3cccc(F)c3F)ncc(C(=O)N3CCOCC3)c21. The van der Waals surface area contributed by atoms with Gasteiger partial charge in [0.2, 0.25) is 0 Å². The van der Waals surface area contributed by atoms with Gasteiger partial charge in [-0.1, -0.05) is 6.07 Å². The lowest BCUT2D eigenvalue weighted by molar-refractivity contribution is 0.0303. The summed E-state index contributed by atoms with van der Waals surface area (Å²) in [5, 5.41) is 3.48. The number of halogens is 3. The summed E-state index contributed by atoms with van der Waals surface area (Å²) < 4.78 is 34.6. The Bertz CT molecular complexity index is 1020. The first-order valence-electron chi connectivity index (χ1n) is 8.58. The molecule has 0 unspecified atom stereocenters. The predicted octanol–water partition coefficient (Wildman–Crippen LogP) is 3.49. The molecule has 1 aliphatic rings. The van der Waals surface area contributed by atoms with Crippen LogP contribution in [0.4, 0.5) is 20.3 Å². The largest absolute Gasteiger partial charge is 0.378 e. The number of aromatic nitrogens is 2. The molecule has 2 aromatic heterocycles. The van der Waals surface area contributed by atoms with Crippen LogP contribution in [-0.2, 0) is 11.8 Å². The molecule has 1 amide bonds. The molecule has 0 saturated carbocycles. The number of pyridine rings is 1. The Labute approximate surface area is 166 Å². The molecule has 1 N–H and O–H groups in total. The average Bonchev–Trinajstić information content (AvgIpc) is 3.08. The van der Waals surface area contributed by atoms with Crippen molar-refractivity contribution in [2.24, 2.45) is 7.05 Å². The number of rotatable bonds is 3. The lowest BCUT2D eigenvalue weighted by Crippen LogP contribution is -2.40. The summed E-state index contributed by atoms with van der Waals surface area (Å²) in [5.41, 5.74) is 1.13. The van der Waals surface area contributed by atoms with E-state index in [2.05, 4.69) is 10.3 Å². The number of aryl methyl sites for hydroxylation is 1. The van der Waals surface area contributed by atoms with Crippen LogP contribution in [0.3, 0.4) is 0 Å². The van der Waals surface area contributed by atoms with Crippen LogP contribution < -0.4 is 5.32 Å². The number of carbonyl (C=O) groups excluding carboxylic acids is 1. The molecule has 6 nitrogen and oxygen atoms in total. The summed E-state index contributed by atoms with van der Waals surface area (Å²) in [6.07, 6.45) is 3.27. The van der Waals surface area contributed by atoms with Crippen molar-refractivity contribution >= 4 is 40.7 Å². The molecule has 0 bridgehead atoms. The van der Waals surface area contributed by atoms with E-state index in [1.807, 2.05) is 11.6 Å². The van der Waals surface area contributed by atoms with Gasteiger partial charge >= 0.3 is 0 Å². The standard InChI is InChI=1S/C19H18F2N4O2.ClH/c1-24-6-5-12-17(24)13(19(26)25-7-9-27-10-8-25)11-22-18(12)23-15-4-2-3-14(20)16(15)21;/h2-6,11H,7-10H2,1H3,(H,22,23);1H. The monoisotopic (exact) mass is 408 g/mol. The Morgan fingerprint density at radius 3 is 2.71 bits per heavy atom. The third-order valence-electron chi connectivity index (χ3n) is 4.64. The first kappa shape index (κ1) is 20.0. The van der Waals surface area contributed by atoms with Crippen molar-refractivity contribution < 1.29 is 18.3 Å². The molecule has 4 rings (SSSR count). The van der Waals surface area contributed by atoms with Gasteiger partial charge in [0.1, 0.15) is 5.82 Å². The van der Waals surface area contributed by atoms with Gasteiger partial charge in [-0.25, -0.2) is 13.8 Å². The smallest absolute Gasteiger partial charge is 0.257 e. The highest BCUT2D eigenvalue weighted by molar-refractivity contribution is 6.08. The molecule has 1 saturated heterocycles. The van der Waals surface area contributed by atoms with Crippen molar-refractivity contribution in [3.05, 3.63) is 53.9 Å². The summed E-state index contributed by atoms with van der Waals surface area (Å²) in [6, 6.07) is 5.69. The minimum Gasteiger partial charge on any atom is -0.378 e. The first-order chi connectivity index (χ1) is 13.1. The Morgan fingerprint density at radius 1 is 1.21 bits per heavy atom. The number of nitrogens with one attached hydrogen (secondary N) is 1. The summed E-state index contributed by atoms with van der Waals surface area (Å²) in [6.45, 7) is 2.07. The zero-order valence-corrected chi connectivity index (χ0v) is 15.9. The van der Waals surface area contributed by atoms with Crippen LogP contribution in [-0.4, -0.2) is 46.7 Å². The van der Waals surface area contributed by atoms with Crippen LogP contribution >= 0.6 is 12.4 Å². The number of amides is 1. The Morgan fingerprint density at radius 2 is 1.96 bits per heavy atom. The maximum atomic E-state index is 14.0. The Hall–Kier alpha value is -2.71. The molecule has 148 valence electrons. The zero-order chi connectivity index (χ0) is 19.0. The van der Waals surface area contributed by atoms with E-state index in [1.54, 1.807) is 17.2 Å². The van der Waals surface area contributed by atoms with Gasteiger partial charge in [0.05, 0.1) is 30.0 Å². The number of hydrogen-bond acceptors (Lipinski definition) is 4. The van der Waals surface area contributed by atoms with E-state index in [-0.39, 0.29) is 24.0 Å². The van der Waals surface area contributed by atoms with E-state index >= 15 is 0 Å². The van der Waals surface area contributed by atoms with E-state index in [0.717, 1.165) is 6.07 Å². The lowest BCUT2D eigenvalue weighted by Gasteiger charge is -2.27. The van der Waals surface area contributed by atoms with E-state index in [9.17, 15) is 13.6 Å². The number of morpholine rings is 1. The van der Waals surface area contributed by atoms with Gasteiger partial charge in [0.15, 0.2) is 11.6 Å². The van der Waals surface area contributed by atoms with Crippen LogP contribution in [0.2, 0.25) is 0 Å². The number of hydrogen-bond donors (Lipinski definition) is 1.